The van der Waals surface area contributed by atoms with Crippen LogP contribution in [0.4, 0.5) is 8.78 Å². The predicted molar refractivity (Wildman–Crippen MR) is 101 cm³/mol. The van der Waals surface area contributed by atoms with E-state index in [1.54, 1.807) is 60.7 Å². The van der Waals surface area contributed by atoms with Gasteiger partial charge < -0.3 is 9.47 Å². The van der Waals surface area contributed by atoms with E-state index in [1.807, 2.05) is 6.07 Å². The number of hydrogen-bond acceptors (Lipinski definition) is 4. The second kappa shape index (κ2) is 8.78. The Kier molecular flexibility index (Phi) is 5.97. The summed E-state index contributed by atoms with van der Waals surface area (Å²) < 4.78 is 35.6. The first-order valence-corrected chi connectivity index (χ1v) is 8.37. The van der Waals surface area contributed by atoms with Crippen LogP contribution in [-0.2, 0) is 0 Å². The monoisotopic (exact) mass is 379 g/mol. The smallest absolute Gasteiger partial charge is 0.387 e. The van der Waals surface area contributed by atoms with Crippen molar-refractivity contribution >= 4 is 22.6 Å². The van der Waals surface area contributed by atoms with Crippen molar-refractivity contribution in [3.8, 4) is 17.6 Å². The first-order chi connectivity index (χ1) is 13.6. The normalized spacial score (nSPS) is 10.9. The quantitative estimate of drug-likeness (QED) is 0.416. The number of carbonyl (C=O) groups is 1. The average molecular weight is 379 g/mol. The minimum absolute atomic E-state index is 0.0530. The maximum Gasteiger partial charge on any atom is 0.387 e. The SMILES string of the molecule is N#CCOc1ccc(/C=C/C(=O)c2ccc3ccccc3c2OC(F)F)cc1. The summed E-state index contributed by atoms with van der Waals surface area (Å²) in [4.78, 5) is 12.6. The maximum atomic E-state index is 12.9. The van der Waals surface area contributed by atoms with Crippen molar-refractivity contribution in [3.63, 3.8) is 0 Å². The zero-order chi connectivity index (χ0) is 19.9. The van der Waals surface area contributed by atoms with Crippen molar-refractivity contribution in [1.29, 1.82) is 5.26 Å². The van der Waals surface area contributed by atoms with Crippen LogP contribution >= 0.6 is 0 Å². The van der Waals surface area contributed by atoms with Gasteiger partial charge in [-0.25, -0.2) is 0 Å². The summed E-state index contributed by atoms with van der Waals surface area (Å²) in [5.41, 5.74) is 0.777. The number of fused-ring (bicyclic) bond motifs is 1. The van der Waals surface area contributed by atoms with Gasteiger partial charge in [-0.05, 0) is 35.2 Å². The molecule has 0 aliphatic rings. The molecule has 0 spiro atoms. The highest BCUT2D eigenvalue weighted by Crippen LogP contribution is 2.32. The number of benzene rings is 3. The van der Waals surface area contributed by atoms with Crippen LogP contribution in [0.5, 0.6) is 11.5 Å². The Morgan fingerprint density at radius 2 is 1.82 bits per heavy atom. The second-order valence-corrected chi connectivity index (χ2v) is 5.76. The third-order valence-electron chi connectivity index (χ3n) is 3.96. The lowest BCUT2D eigenvalue weighted by molar-refractivity contribution is -0.0490. The molecule has 0 radical (unpaired) electrons. The van der Waals surface area contributed by atoms with Crippen LogP contribution in [0, 0.1) is 11.3 Å². The fraction of sp³-hybridized carbons (Fsp3) is 0.0909. The molecule has 0 N–H and O–H groups in total. The first kappa shape index (κ1) is 19.1. The van der Waals surface area contributed by atoms with E-state index in [0.29, 0.717) is 16.5 Å². The van der Waals surface area contributed by atoms with E-state index in [2.05, 4.69) is 4.74 Å². The standard InChI is InChI=1S/C22H15F2NO3/c23-22(24)28-21-18-4-2-1-3-16(18)8-11-19(21)20(26)12-7-15-5-9-17(10-6-15)27-14-13-25/h1-12,22H,14H2/b12-7+. The lowest BCUT2D eigenvalue weighted by atomic mass is 10.0. The van der Waals surface area contributed by atoms with Crippen LogP contribution in [0.15, 0.2) is 66.7 Å². The number of hydrogen-bond donors (Lipinski definition) is 0. The number of ether oxygens (including phenoxy) is 2. The number of carbonyl (C=O) groups excluding carboxylic acids is 1. The summed E-state index contributed by atoms with van der Waals surface area (Å²) in [5.74, 6) is -0.0543. The molecule has 0 heterocycles. The van der Waals surface area contributed by atoms with Gasteiger partial charge in [0.15, 0.2) is 12.4 Å². The molecule has 0 aliphatic heterocycles. The summed E-state index contributed by atoms with van der Waals surface area (Å²) >= 11 is 0. The zero-order valence-corrected chi connectivity index (χ0v) is 14.6. The first-order valence-electron chi connectivity index (χ1n) is 8.37. The Balaban J connectivity index is 1.86. The summed E-state index contributed by atoms with van der Waals surface area (Å²) in [6, 6.07) is 18.7. The number of alkyl halides is 2. The number of nitrogens with zero attached hydrogens (tertiary/aromatic N) is 1. The van der Waals surface area contributed by atoms with E-state index in [0.717, 1.165) is 5.56 Å². The number of nitriles is 1. The molecule has 0 atom stereocenters. The summed E-state index contributed by atoms with van der Waals surface area (Å²) in [6.07, 6.45) is 2.87. The zero-order valence-electron chi connectivity index (χ0n) is 14.6. The van der Waals surface area contributed by atoms with Gasteiger partial charge in [0.25, 0.3) is 0 Å². The van der Waals surface area contributed by atoms with Crippen molar-refractivity contribution in [1.82, 2.24) is 0 Å². The molecular weight excluding hydrogens is 364 g/mol. The molecule has 4 nitrogen and oxygen atoms in total. The highest BCUT2D eigenvalue weighted by atomic mass is 19.3. The van der Waals surface area contributed by atoms with Crippen LogP contribution in [0.2, 0.25) is 0 Å². The molecule has 0 fully saturated rings. The van der Waals surface area contributed by atoms with E-state index in [9.17, 15) is 13.6 Å². The summed E-state index contributed by atoms with van der Waals surface area (Å²) in [7, 11) is 0. The second-order valence-electron chi connectivity index (χ2n) is 5.76. The summed E-state index contributed by atoms with van der Waals surface area (Å²) in [5, 5.41) is 9.64. The van der Waals surface area contributed by atoms with Crippen molar-refractivity contribution < 1.29 is 23.0 Å². The largest absolute Gasteiger partial charge is 0.479 e. The van der Waals surface area contributed by atoms with Gasteiger partial charge in [-0.3, -0.25) is 4.79 Å². The van der Waals surface area contributed by atoms with Gasteiger partial charge >= 0.3 is 6.61 Å². The van der Waals surface area contributed by atoms with Crippen LogP contribution < -0.4 is 9.47 Å². The van der Waals surface area contributed by atoms with Gasteiger partial charge in [-0.15, -0.1) is 0 Å². The number of halogens is 2. The van der Waals surface area contributed by atoms with Gasteiger partial charge in [0.2, 0.25) is 0 Å². The number of rotatable bonds is 7. The topological polar surface area (TPSA) is 59.3 Å². The molecule has 6 heteroatoms. The average Bonchev–Trinajstić information content (AvgIpc) is 2.71. The highest BCUT2D eigenvalue weighted by molar-refractivity contribution is 6.12. The van der Waals surface area contributed by atoms with Crippen LogP contribution in [0.25, 0.3) is 16.8 Å². The van der Waals surface area contributed by atoms with E-state index in [1.165, 1.54) is 12.1 Å². The van der Waals surface area contributed by atoms with Gasteiger partial charge in [-0.2, -0.15) is 14.0 Å². The minimum Gasteiger partial charge on any atom is -0.479 e. The number of allylic oxidation sites excluding steroid dienone is 1. The minimum atomic E-state index is -3.04. The van der Waals surface area contributed by atoms with E-state index in [4.69, 9.17) is 10.00 Å². The molecule has 3 aromatic rings. The van der Waals surface area contributed by atoms with E-state index < -0.39 is 12.4 Å². The molecule has 0 amide bonds. The Hall–Kier alpha value is -3.72. The number of ketones is 1. The Labute approximate surface area is 160 Å². The maximum absolute atomic E-state index is 12.9. The van der Waals surface area contributed by atoms with Crippen molar-refractivity contribution in [2.75, 3.05) is 6.61 Å². The molecule has 0 bridgehead atoms. The third-order valence-corrected chi connectivity index (χ3v) is 3.96. The summed E-state index contributed by atoms with van der Waals surface area (Å²) in [6.45, 7) is -3.09. The van der Waals surface area contributed by atoms with E-state index >= 15 is 0 Å². The van der Waals surface area contributed by atoms with Crippen LogP contribution in [0.1, 0.15) is 15.9 Å². The lowest BCUT2D eigenvalue weighted by Crippen LogP contribution is -2.07. The molecule has 140 valence electrons. The Morgan fingerprint density at radius 1 is 1.07 bits per heavy atom. The molecule has 0 aliphatic carbocycles. The van der Waals surface area contributed by atoms with Crippen molar-refractivity contribution in [2.45, 2.75) is 6.61 Å². The van der Waals surface area contributed by atoms with Gasteiger partial charge in [0.05, 0.1) is 5.56 Å². The fourth-order valence-corrected chi connectivity index (χ4v) is 2.71. The fourth-order valence-electron chi connectivity index (χ4n) is 2.71. The predicted octanol–water partition coefficient (Wildman–Crippen LogP) is 5.24. The molecule has 0 aromatic heterocycles. The lowest BCUT2D eigenvalue weighted by Gasteiger charge is -2.12. The van der Waals surface area contributed by atoms with Gasteiger partial charge in [-0.1, -0.05) is 48.5 Å². The third kappa shape index (κ3) is 4.51. The molecule has 0 saturated heterocycles. The van der Waals surface area contributed by atoms with Crippen molar-refractivity contribution in [3.05, 3.63) is 77.9 Å². The van der Waals surface area contributed by atoms with Crippen molar-refractivity contribution in [2.24, 2.45) is 0 Å². The molecule has 0 unspecified atom stereocenters. The van der Waals surface area contributed by atoms with E-state index in [-0.39, 0.29) is 17.9 Å². The van der Waals surface area contributed by atoms with Crippen LogP contribution in [0.3, 0.4) is 0 Å². The Bertz CT molecular complexity index is 1050. The van der Waals surface area contributed by atoms with Crippen LogP contribution in [-0.4, -0.2) is 19.0 Å². The molecule has 28 heavy (non-hydrogen) atoms. The highest BCUT2D eigenvalue weighted by Gasteiger charge is 2.17. The van der Waals surface area contributed by atoms with Gasteiger partial charge in [0.1, 0.15) is 17.6 Å². The molecule has 0 saturated carbocycles. The molecule has 3 aromatic carbocycles. The molecular formula is C22H15F2NO3. The Morgan fingerprint density at radius 3 is 2.54 bits per heavy atom. The van der Waals surface area contributed by atoms with Gasteiger partial charge in [0, 0.05) is 5.39 Å². The molecule has 3 rings (SSSR count).